The lowest BCUT2D eigenvalue weighted by Crippen LogP contribution is -2.24. The molecule has 0 spiro atoms. The maximum Gasteiger partial charge on any atom is 0.188 e. The van der Waals surface area contributed by atoms with Gasteiger partial charge in [-0.1, -0.05) is 25.4 Å². The monoisotopic (exact) mass is 283 g/mol. The number of rotatable bonds is 5. The first kappa shape index (κ1) is 14.8. The third-order valence-corrected chi connectivity index (χ3v) is 2.93. The molecule has 1 aromatic carbocycles. The summed E-state index contributed by atoms with van der Waals surface area (Å²) in [6.07, 6.45) is 0. The van der Waals surface area contributed by atoms with Crippen molar-refractivity contribution in [3.63, 3.8) is 0 Å². The number of methoxy groups -OCH3 is 1. The molecule has 0 aliphatic carbocycles. The van der Waals surface area contributed by atoms with Gasteiger partial charge in [0.05, 0.1) is 17.3 Å². The molecule has 0 bridgehead atoms. The molecule has 0 heterocycles. The van der Waals surface area contributed by atoms with Gasteiger partial charge in [-0.05, 0) is 36.3 Å². The van der Waals surface area contributed by atoms with Crippen LogP contribution >= 0.6 is 23.8 Å². The Labute approximate surface area is 117 Å². The van der Waals surface area contributed by atoms with Crippen molar-refractivity contribution in [1.29, 1.82) is 0 Å². The van der Waals surface area contributed by atoms with E-state index < -0.39 is 6.04 Å². The van der Waals surface area contributed by atoms with E-state index in [2.05, 4.69) is 22.4 Å². The van der Waals surface area contributed by atoms with E-state index in [0.29, 0.717) is 16.3 Å². The fourth-order valence-corrected chi connectivity index (χ4v) is 1.93. The summed E-state index contributed by atoms with van der Waals surface area (Å²) in [7, 11) is 1.52. The summed E-state index contributed by atoms with van der Waals surface area (Å²) < 4.78 is 5.04. The Morgan fingerprint density at radius 3 is 2.61 bits per heavy atom. The minimum Gasteiger partial charge on any atom is -0.495 e. The summed E-state index contributed by atoms with van der Waals surface area (Å²) in [4.78, 5) is 16.2. The smallest absolute Gasteiger partial charge is 0.188 e. The Bertz CT molecular complexity index is 496. The first-order valence-electron chi connectivity index (χ1n) is 5.46. The first-order chi connectivity index (χ1) is 8.51. The molecule has 0 amide bonds. The summed E-state index contributed by atoms with van der Waals surface area (Å²) in [6.45, 7) is 3.81. The number of halogens is 1. The maximum atomic E-state index is 12.2. The molecule has 1 atom stereocenters. The summed E-state index contributed by atoms with van der Waals surface area (Å²) >= 11 is 10.6. The van der Waals surface area contributed by atoms with Gasteiger partial charge in [0.15, 0.2) is 5.78 Å². The van der Waals surface area contributed by atoms with Gasteiger partial charge in [0, 0.05) is 5.56 Å². The van der Waals surface area contributed by atoms with Crippen LogP contribution in [-0.4, -0.2) is 24.1 Å². The Hall–Kier alpha value is -1.22. The summed E-state index contributed by atoms with van der Waals surface area (Å²) in [6, 6.07) is 4.39. The van der Waals surface area contributed by atoms with Crippen LogP contribution in [0.1, 0.15) is 24.2 Å². The molecule has 5 heteroatoms. The van der Waals surface area contributed by atoms with Gasteiger partial charge in [-0.25, -0.2) is 4.99 Å². The molecule has 0 aromatic heterocycles. The zero-order chi connectivity index (χ0) is 13.7. The number of carbonyl (C=O) groups excluding carboxylic acids is 1. The van der Waals surface area contributed by atoms with Gasteiger partial charge in [-0.15, -0.1) is 0 Å². The van der Waals surface area contributed by atoms with Crippen LogP contribution in [-0.2, 0) is 0 Å². The van der Waals surface area contributed by atoms with Gasteiger partial charge >= 0.3 is 0 Å². The predicted molar refractivity (Wildman–Crippen MR) is 76.0 cm³/mol. The average molecular weight is 284 g/mol. The molecule has 18 heavy (non-hydrogen) atoms. The molecular formula is C13H14ClNO2S. The number of aliphatic imine (C=N–C) groups is 1. The molecule has 0 N–H and O–H groups in total. The highest BCUT2D eigenvalue weighted by molar-refractivity contribution is 7.78. The Morgan fingerprint density at radius 1 is 1.50 bits per heavy atom. The largest absolute Gasteiger partial charge is 0.495 e. The lowest BCUT2D eigenvalue weighted by atomic mass is 9.95. The van der Waals surface area contributed by atoms with Crippen molar-refractivity contribution < 1.29 is 9.53 Å². The van der Waals surface area contributed by atoms with Crippen LogP contribution in [0.2, 0.25) is 5.02 Å². The van der Waals surface area contributed by atoms with Crippen LogP contribution in [0.3, 0.4) is 0 Å². The van der Waals surface area contributed by atoms with Crippen molar-refractivity contribution in [1.82, 2.24) is 0 Å². The third-order valence-electron chi connectivity index (χ3n) is 2.53. The zero-order valence-electron chi connectivity index (χ0n) is 10.4. The van der Waals surface area contributed by atoms with Crippen molar-refractivity contribution in [3.05, 3.63) is 28.8 Å². The minimum absolute atomic E-state index is 0.0498. The summed E-state index contributed by atoms with van der Waals surface area (Å²) in [5, 5.41) is 2.67. The van der Waals surface area contributed by atoms with Crippen LogP contribution in [0.5, 0.6) is 5.75 Å². The van der Waals surface area contributed by atoms with E-state index in [9.17, 15) is 4.79 Å². The van der Waals surface area contributed by atoms with E-state index in [4.69, 9.17) is 16.3 Å². The fraction of sp³-hybridized carbons (Fsp3) is 0.385. The van der Waals surface area contributed by atoms with Gasteiger partial charge in [-0.3, -0.25) is 4.79 Å². The lowest BCUT2D eigenvalue weighted by molar-refractivity contribution is 0.0942. The number of nitrogens with zero attached hydrogens (tertiary/aromatic N) is 1. The highest BCUT2D eigenvalue weighted by Crippen LogP contribution is 2.26. The van der Waals surface area contributed by atoms with E-state index >= 15 is 0 Å². The van der Waals surface area contributed by atoms with E-state index in [-0.39, 0.29) is 11.7 Å². The molecule has 0 saturated carbocycles. The van der Waals surface area contributed by atoms with Crippen molar-refractivity contribution in [2.24, 2.45) is 10.9 Å². The Kier molecular flexibility index (Phi) is 5.48. The highest BCUT2D eigenvalue weighted by atomic mass is 35.5. The van der Waals surface area contributed by atoms with Crippen LogP contribution < -0.4 is 4.74 Å². The predicted octanol–water partition coefficient (Wildman–Crippen LogP) is 3.66. The minimum atomic E-state index is -0.521. The number of ketones is 1. The molecule has 1 rings (SSSR count). The number of thiocarbonyl (C=S) groups is 1. The molecule has 0 aliphatic heterocycles. The van der Waals surface area contributed by atoms with Gasteiger partial charge in [-0.2, -0.15) is 0 Å². The quantitative estimate of drug-likeness (QED) is 0.470. The third kappa shape index (κ3) is 3.39. The van der Waals surface area contributed by atoms with E-state index in [1.807, 2.05) is 13.8 Å². The molecular weight excluding hydrogens is 270 g/mol. The number of isothiocyanates is 1. The van der Waals surface area contributed by atoms with Crippen LogP contribution in [0.4, 0.5) is 0 Å². The number of carbonyl (C=O) groups is 1. The van der Waals surface area contributed by atoms with Crippen LogP contribution in [0.25, 0.3) is 0 Å². The number of ether oxygens (including phenoxy) is 1. The van der Waals surface area contributed by atoms with Crippen molar-refractivity contribution in [2.45, 2.75) is 19.9 Å². The molecule has 0 saturated heterocycles. The van der Waals surface area contributed by atoms with Crippen LogP contribution in [0, 0.1) is 5.92 Å². The molecule has 1 aromatic rings. The molecule has 1 unspecified atom stereocenters. The standard InChI is InChI=1S/C13H14ClNO2S/c1-8(2)12(15-7-18)13(16)9-4-5-11(17-3)10(14)6-9/h4-6,8,12H,1-3H3. The summed E-state index contributed by atoms with van der Waals surface area (Å²) in [5.41, 5.74) is 0.494. The SMILES string of the molecule is COc1ccc(C(=O)C(N=C=S)C(C)C)cc1Cl. The molecule has 96 valence electrons. The number of hydrogen-bond acceptors (Lipinski definition) is 4. The summed E-state index contributed by atoms with van der Waals surface area (Å²) in [5.74, 6) is 0.466. The van der Waals surface area contributed by atoms with Gasteiger partial charge < -0.3 is 4.74 Å². The van der Waals surface area contributed by atoms with Crippen molar-refractivity contribution in [2.75, 3.05) is 7.11 Å². The van der Waals surface area contributed by atoms with Gasteiger partial charge in [0.1, 0.15) is 11.8 Å². The van der Waals surface area contributed by atoms with Gasteiger partial charge in [0.25, 0.3) is 0 Å². The number of hydrogen-bond donors (Lipinski definition) is 0. The fourth-order valence-electron chi connectivity index (χ4n) is 1.56. The number of Topliss-reactive ketones (excluding diaryl/α,β-unsaturated/α-hetero) is 1. The molecule has 0 aliphatic rings. The normalized spacial score (nSPS) is 11.8. The maximum absolute atomic E-state index is 12.2. The average Bonchev–Trinajstić information content (AvgIpc) is 2.34. The van der Waals surface area contributed by atoms with Crippen LogP contribution in [0.15, 0.2) is 23.2 Å². The second-order valence-electron chi connectivity index (χ2n) is 4.12. The molecule has 0 radical (unpaired) electrons. The number of benzene rings is 1. The van der Waals surface area contributed by atoms with Crippen molar-refractivity contribution >= 4 is 34.8 Å². The second-order valence-corrected chi connectivity index (χ2v) is 4.71. The Balaban J connectivity index is 3.09. The molecule has 0 fully saturated rings. The van der Waals surface area contributed by atoms with E-state index in [1.54, 1.807) is 18.2 Å². The van der Waals surface area contributed by atoms with E-state index in [1.165, 1.54) is 7.11 Å². The van der Waals surface area contributed by atoms with Gasteiger partial charge in [0.2, 0.25) is 0 Å². The topological polar surface area (TPSA) is 38.7 Å². The lowest BCUT2D eigenvalue weighted by Gasteiger charge is -2.14. The van der Waals surface area contributed by atoms with E-state index in [0.717, 1.165) is 0 Å². The molecule has 3 nitrogen and oxygen atoms in total. The second kappa shape index (κ2) is 6.64. The first-order valence-corrected chi connectivity index (χ1v) is 6.24. The Morgan fingerprint density at radius 2 is 2.17 bits per heavy atom. The zero-order valence-corrected chi connectivity index (χ0v) is 12.0. The highest BCUT2D eigenvalue weighted by Gasteiger charge is 2.23. The van der Waals surface area contributed by atoms with Crippen molar-refractivity contribution in [3.8, 4) is 5.75 Å².